The molecule has 0 aromatic heterocycles. The Hall–Kier alpha value is -2.49. The predicted octanol–water partition coefficient (Wildman–Crippen LogP) is 4.37. The number of nitrogens with one attached hydrogen (secondary N) is 1. The number of benzene rings is 2. The van der Waals surface area contributed by atoms with E-state index in [1.54, 1.807) is 18.2 Å². The van der Waals surface area contributed by atoms with Gasteiger partial charge in [-0.2, -0.15) is 0 Å². The number of carbonyl (C=O) groups is 1. The molecule has 4 heteroatoms. The van der Waals surface area contributed by atoms with Crippen LogP contribution in [0.15, 0.2) is 48.5 Å². The normalized spacial score (nSPS) is 11.6. The van der Waals surface area contributed by atoms with Crippen molar-refractivity contribution in [1.82, 2.24) is 5.32 Å². The van der Waals surface area contributed by atoms with Crippen LogP contribution in [0, 0.1) is 0 Å². The monoisotopic (exact) mass is 327 g/mol. The van der Waals surface area contributed by atoms with Crippen LogP contribution in [-0.2, 0) is 0 Å². The van der Waals surface area contributed by atoms with Gasteiger partial charge in [0.1, 0.15) is 0 Å². The summed E-state index contributed by atoms with van der Waals surface area (Å²) >= 11 is 0. The van der Waals surface area contributed by atoms with Crippen molar-refractivity contribution in [2.45, 2.75) is 33.2 Å². The molecule has 0 bridgehead atoms. The minimum Gasteiger partial charge on any atom is -0.490 e. The molecule has 0 heterocycles. The summed E-state index contributed by atoms with van der Waals surface area (Å²) in [6, 6.07) is 15.1. The fourth-order valence-corrected chi connectivity index (χ4v) is 2.35. The van der Waals surface area contributed by atoms with Gasteiger partial charge >= 0.3 is 0 Å². The van der Waals surface area contributed by atoms with E-state index in [2.05, 4.69) is 5.32 Å². The molecular formula is C20H25NO3. The zero-order valence-corrected chi connectivity index (χ0v) is 14.5. The minimum absolute atomic E-state index is 0.0646. The van der Waals surface area contributed by atoms with Crippen molar-refractivity contribution in [2.24, 2.45) is 0 Å². The van der Waals surface area contributed by atoms with Gasteiger partial charge in [-0.3, -0.25) is 4.79 Å². The molecule has 1 N–H and O–H groups in total. The predicted molar refractivity (Wildman–Crippen MR) is 95.7 cm³/mol. The summed E-state index contributed by atoms with van der Waals surface area (Å²) in [5, 5.41) is 3.01. The first kappa shape index (κ1) is 17.9. The quantitative estimate of drug-likeness (QED) is 0.783. The second-order valence-corrected chi connectivity index (χ2v) is 5.55. The summed E-state index contributed by atoms with van der Waals surface area (Å²) in [4.78, 5) is 12.5. The third-order valence-corrected chi connectivity index (χ3v) is 3.61. The second kappa shape index (κ2) is 8.96. The van der Waals surface area contributed by atoms with E-state index in [1.165, 1.54) is 0 Å². The largest absolute Gasteiger partial charge is 0.490 e. The van der Waals surface area contributed by atoms with Gasteiger partial charge in [-0.05, 0) is 44.0 Å². The maximum absolute atomic E-state index is 12.5. The van der Waals surface area contributed by atoms with Crippen LogP contribution in [0.2, 0.25) is 0 Å². The van der Waals surface area contributed by atoms with E-state index >= 15 is 0 Å². The Bertz CT molecular complexity index is 655. The molecule has 1 unspecified atom stereocenters. The average molecular weight is 327 g/mol. The van der Waals surface area contributed by atoms with Crippen molar-refractivity contribution >= 4 is 5.91 Å². The van der Waals surface area contributed by atoms with Crippen molar-refractivity contribution in [3.8, 4) is 11.5 Å². The Morgan fingerprint density at radius 2 is 1.79 bits per heavy atom. The number of amides is 1. The van der Waals surface area contributed by atoms with Crippen LogP contribution in [0.4, 0.5) is 0 Å². The molecule has 4 nitrogen and oxygen atoms in total. The fourth-order valence-electron chi connectivity index (χ4n) is 2.35. The molecule has 24 heavy (non-hydrogen) atoms. The molecule has 2 rings (SSSR count). The van der Waals surface area contributed by atoms with Crippen molar-refractivity contribution in [3.63, 3.8) is 0 Å². The lowest BCUT2D eigenvalue weighted by atomic mass is 10.1. The van der Waals surface area contributed by atoms with Gasteiger partial charge in [-0.15, -0.1) is 0 Å². The Morgan fingerprint density at radius 3 is 2.46 bits per heavy atom. The summed E-state index contributed by atoms with van der Waals surface area (Å²) in [7, 11) is 0. The first-order valence-electron chi connectivity index (χ1n) is 8.41. The zero-order valence-electron chi connectivity index (χ0n) is 14.5. The van der Waals surface area contributed by atoms with E-state index in [0.717, 1.165) is 12.0 Å². The molecule has 0 spiro atoms. The number of rotatable bonds is 8. The Balaban J connectivity index is 2.12. The van der Waals surface area contributed by atoms with Crippen LogP contribution in [0.1, 0.15) is 49.2 Å². The Kier molecular flexibility index (Phi) is 6.67. The van der Waals surface area contributed by atoms with Crippen LogP contribution in [0.5, 0.6) is 11.5 Å². The molecule has 0 fully saturated rings. The summed E-state index contributed by atoms with van der Waals surface area (Å²) < 4.78 is 11.3. The van der Waals surface area contributed by atoms with Crippen LogP contribution in [0.3, 0.4) is 0 Å². The summed E-state index contributed by atoms with van der Waals surface area (Å²) in [5.41, 5.74) is 1.63. The molecule has 128 valence electrons. The SMILES string of the molecule is CCCOc1ccc(C(=O)NC(C)c2ccccc2)cc1OCC. The number of hydrogen-bond acceptors (Lipinski definition) is 3. The topological polar surface area (TPSA) is 47.6 Å². The van der Waals surface area contributed by atoms with Crippen molar-refractivity contribution < 1.29 is 14.3 Å². The van der Waals surface area contributed by atoms with E-state index in [9.17, 15) is 4.79 Å². The number of ether oxygens (including phenoxy) is 2. The van der Waals surface area contributed by atoms with Gasteiger partial charge in [0.2, 0.25) is 0 Å². The summed E-state index contributed by atoms with van der Waals surface area (Å²) in [6.07, 6.45) is 0.919. The highest BCUT2D eigenvalue weighted by Crippen LogP contribution is 2.29. The van der Waals surface area contributed by atoms with Crippen molar-refractivity contribution in [1.29, 1.82) is 0 Å². The highest BCUT2D eigenvalue weighted by Gasteiger charge is 2.14. The summed E-state index contributed by atoms with van der Waals surface area (Å²) in [5.74, 6) is 1.15. The Morgan fingerprint density at radius 1 is 1.04 bits per heavy atom. The van der Waals surface area contributed by atoms with E-state index < -0.39 is 0 Å². The molecule has 0 saturated heterocycles. The van der Waals surface area contributed by atoms with Crippen molar-refractivity contribution in [2.75, 3.05) is 13.2 Å². The molecular weight excluding hydrogens is 302 g/mol. The molecule has 0 aliphatic carbocycles. The van der Waals surface area contributed by atoms with Gasteiger partial charge in [0, 0.05) is 5.56 Å². The molecule has 2 aromatic rings. The highest BCUT2D eigenvalue weighted by molar-refractivity contribution is 5.95. The first-order valence-corrected chi connectivity index (χ1v) is 8.41. The van der Waals surface area contributed by atoms with Gasteiger partial charge in [-0.1, -0.05) is 37.3 Å². The zero-order chi connectivity index (χ0) is 17.4. The average Bonchev–Trinajstić information content (AvgIpc) is 2.61. The van der Waals surface area contributed by atoms with Crippen LogP contribution in [-0.4, -0.2) is 19.1 Å². The lowest BCUT2D eigenvalue weighted by Crippen LogP contribution is -2.26. The van der Waals surface area contributed by atoms with Gasteiger partial charge in [0.05, 0.1) is 19.3 Å². The fraction of sp³-hybridized carbons (Fsp3) is 0.350. The maximum Gasteiger partial charge on any atom is 0.251 e. The van der Waals surface area contributed by atoms with E-state index in [1.807, 2.05) is 51.1 Å². The van der Waals surface area contributed by atoms with Crippen LogP contribution in [0.25, 0.3) is 0 Å². The first-order chi connectivity index (χ1) is 11.7. The standard InChI is InChI=1S/C20H25NO3/c1-4-13-24-18-12-11-17(14-19(18)23-5-2)20(22)21-15(3)16-9-7-6-8-10-16/h6-12,14-15H,4-5,13H2,1-3H3,(H,21,22). The third-order valence-electron chi connectivity index (χ3n) is 3.61. The highest BCUT2D eigenvalue weighted by atomic mass is 16.5. The lowest BCUT2D eigenvalue weighted by molar-refractivity contribution is 0.0939. The van der Waals surface area contributed by atoms with Crippen LogP contribution >= 0.6 is 0 Å². The molecule has 0 radical (unpaired) electrons. The molecule has 1 amide bonds. The van der Waals surface area contributed by atoms with Crippen molar-refractivity contribution in [3.05, 3.63) is 59.7 Å². The summed E-state index contributed by atoms with van der Waals surface area (Å²) in [6.45, 7) is 7.07. The molecule has 2 aromatic carbocycles. The molecule has 0 saturated carbocycles. The number of carbonyl (C=O) groups excluding carboxylic acids is 1. The van der Waals surface area contributed by atoms with E-state index in [4.69, 9.17) is 9.47 Å². The van der Waals surface area contributed by atoms with Gasteiger partial charge in [0.15, 0.2) is 11.5 Å². The van der Waals surface area contributed by atoms with E-state index in [-0.39, 0.29) is 11.9 Å². The minimum atomic E-state index is -0.130. The number of hydrogen-bond donors (Lipinski definition) is 1. The molecule has 1 atom stereocenters. The molecule has 0 aliphatic heterocycles. The van der Waals surface area contributed by atoms with E-state index in [0.29, 0.717) is 30.3 Å². The second-order valence-electron chi connectivity index (χ2n) is 5.55. The Labute approximate surface area is 143 Å². The maximum atomic E-state index is 12.5. The smallest absolute Gasteiger partial charge is 0.251 e. The molecule has 0 aliphatic rings. The van der Waals surface area contributed by atoms with Gasteiger partial charge in [-0.25, -0.2) is 0 Å². The van der Waals surface area contributed by atoms with Gasteiger partial charge < -0.3 is 14.8 Å². The third kappa shape index (κ3) is 4.75. The lowest BCUT2D eigenvalue weighted by Gasteiger charge is -2.16. The van der Waals surface area contributed by atoms with Crippen LogP contribution < -0.4 is 14.8 Å². The van der Waals surface area contributed by atoms with Gasteiger partial charge in [0.25, 0.3) is 5.91 Å².